The molecule has 2 unspecified atom stereocenters. The van der Waals surface area contributed by atoms with E-state index in [2.05, 4.69) is 76.5 Å². The van der Waals surface area contributed by atoms with Gasteiger partial charge in [-0.1, -0.05) is 43.3 Å². The van der Waals surface area contributed by atoms with E-state index in [1.54, 1.807) is 13.4 Å². The molecule has 7 aromatic rings. The summed E-state index contributed by atoms with van der Waals surface area (Å²) in [4.78, 5) is 22.1. The zero-order valence-electron chi connectivity index (χ0n) is 27.4. The molecule has 1 aliphatic heterocycles. The van der Waals surface area contributed by atoms with Crippen molar-refractivity contribution in [2.75, 3.05) is 13.7 Å². The van der Waals surface area contributed by atoms with Gasteiger partial charge in [0.25, 0.3) is 0 Å². The summed E-state index contributed by atoms with van der Waals surface area (Å²) in [7, 11) is 1.66. The van der Waals surface area contributed by atoms with Crippen molar-refractivity contribution in [2.24, 2.45) is 11.8 Å². The first-order chi connectivity index (χ1) is 23.5. The van der Waals surface area contributed by atoms with Crippen molar-refractivity contribution in [1.82, 2.24) is 24.9 Å². The Hall–Kier alpha value is -5.50. The Kier molecular flexibility index (Phi) is 7.84. The Bertz CT molecular complexity index is 2280. The second kappa shape index (κ2) is 12.6. The van der Waals surface area contributed by atoms with Gasteiger partial charge < -0.3 is 19.2 Å². The molecule has 0 saturated heterocycles. The summed E-state index contributed by atoms with van der Waals surface area (Å²) < 4.78 is 18.5. The second-order valence-corrected chi connectivity index (χ2v) is 12.8. The largest absolute Gasteiger partial charge is 0.493 e. The van der Waals surface area contributed by atoms with Gasteiger partial charge >= 0.3 is 0 Å². The summed E-state index contributed by atoms with van der Waals surface area (Å²) in [6.45, 7) is 5.32. The third kappa shape index (κ3) is 5.79. The molecule has 0 aliphatic carbocycles. The second-order valence-electron chi connectivity index (χ2n) is 12.8. The molecule has 1 aliphatic rings. The van der Waals surface area contributed by atoms with Crippen LogP contribution in [0, 0.1) is 18.8 Å². The van der Waals surface area contributed by atoms with Crippen LogP contribution in [-0.2, 0) is 19.4 Å². The minimum atomic E-state index is 0.324. The number of aromatic amines is 1. The first-order valence-corrected chi connectivity index (χ1v) is 16.5. The molecule has 3 aromatic heterocycles. The molecule has 4 aromatic carbocycles. The highest BCUT2D eigenvalue weighted by molar-refractivity contribution is 5.89. The lowest BCUT2D eigenvalue weighted by atomic mass is 9.81. The summed E-state index contributed by atoms with van der Waals surface area (Å²) in [5, 5.41) is 2.08. The van der Waals surface area contributed by atoms with E-state index in [1.807, 2.05) is 37.3 Å². The van der Waals surface area contributed by atoms with Crippen LogP contribution in [0.3, 0.4) is 0 Å². The summed E-state index contributed by atoms with van der Waals surface area (Å²) in [6, 6.07) is 29.1. The fourth-order valence-electron chi connectivity index (χ4n) is 7.00. The summed E-state index contributed by atoms with van der Waals surface area (Å²) in [6.07, 6.45) is 4.32. The normalized spacial score (nSPS) is 16.3. The van der Waals surface area contributed by atoms with Gasteiger partial charge in [0.1, 0.15) is 30.0 Å². The number of hydrogen-bond acceptors (Lipinski definition) is 7. The van der Waals surface area contributed by atoms with Crippen molar-refractivity contribution in [3.05, 3.63) is 114 Å². The Morgan fingerprint density at radius 1 is 0.896 bits per heavy atom. The van der Waals surface area contributed by atoms with Gasteiger partial charge in [0.15, 0.2) is 11.5 Å². The van der Waals surface area contributed by atoms with Crippen molar-refractivity contribution >= 4 is 32.8 Å². The fourth-order valence-corrected chi connectivity index (χ4v) is 7.00. The quantitative estimate of drug-likeness (QED) is 0.188. The number of hydrogen-bond donors (Lipinski definition) is 1. The zero-order chi connectivity index (χ0) is 32.6. The van der Waals surface area contributed by atoms with Crippen molar-refractivity contribution in [3.63, 3.8) is 0 Å². The van der Waals surface area contributed by atoms with Gasteiger partial charge in [-0.05, 0) is 103 Å². The van der Waals surface area contributed by atoms with Gasteiger partial charge in [0.2, 0.25) is 0 Å². The number of nitrogens with one attached hydrogen (secondary N) is 1. The molecule has 48 heavy (non-hydrogen) atoms. The van der Waals surface area contributed by atoms with Crippen LogP contribution in [0.4, 0.5) is 0 Å². The van der Waals surface area contributed by atoms with Gasteiger partial charge in [0, 0.05) is 10.8 Å². The Balaban J connectivity index is 1.02. The lowest BCUT2D eigenvalue weighted by Gasteiger charge is -2.28. The Morgan fingerprint density at radius 3 is 2.69 bits per heavy atom. The van der Waals surface area contributed by atoms with Crippen molar-refractivity contribution in [3.8, 4) is 28.4 Å². The third-order valence-corrected chi connectivity index (χ3v) is 9.58. The summed E-state index contributed by atoms with van der Waals surface area (Å²) >= 11 is 0. The molecular formula is C40H37N5O3. The third-order valence-electron chi connectivity index (χ3n) is 9.58. The predicted molar refractivity (Wildman–Crippen MR) is 189 cm³/mol. The highest BCUT2D eigenvalue weighted by Crippen LogP contribution is 2.38. The lowest BCUT2D eigenvalue weighted by Crippen LogP contribution is -2.23. The van der Waals surface area contributed by atoms with E-state index in [9.17, 15) is 0 Å². The minimum Gasteiger partial charge on any atom is -0.493 e. The summed E-state index contributed by atoms with van der Waals surface area (Å²) in [5.41, 5.74) is 9.18. The number of pyridine rings is 1. The van der Waals surface area contributed by atoms with Crippen LogP contribution in [0.1, 0.15) is 36.1 Å². The number of aromatic nitrogens is 5. The number of H-pyrrole nitrogens is 1. The first-order valence-electron chi connectivity index (χ1n) is 16.5. The van der Waals surface area contributed by atoms with Gasteiger partial charge in [-0.2, -0.15) is 0 Å². The zero-order valence-corrected chi connectivity index (χ0v) is 27.4. The van der Waals surface area contributed by atoms with E-state index >= 15 is 0 Å². The molecule has 4 heterocycles. The monoisotopic (exact) mass is 635 g/mol. The molecule has 0 saturated carbocycles. The molecule has 8 rings (SSSR count). The molecule has 1 N–H and O–H groups in total. The van der Waals surface area contributed by atoms with E-state index in [0.29, 0.717) is 36.5 Å². The molecule has 0 radical (unpaired) electrons. The van der Waals surface area contributed by atoms with E-state index in [4.69, 9.17) is 24.2 Å². The standard InChI is InChI=1S/C40H37N5O3/c1-24-18-30-19-28(29-9-13-34-36(21-29)44-25(2)43-34)10-14-37(30)47-17-16-27(24)20-35-32-12-15-38(40(46-3)39(32)42-23-41-35)48-22-31-11-8-26-6-4-5-7-33(26)45-31/h4-15,19,21,23-24,27H,16-18,20,22H2,1-3H3,(H,43,44). The highest BCUT2D eigenvalue weighted by atomic mass is 16.5. The number of para-hydroxylation sites is 1. The van der Waals surface area contributed by atoms with E-state index in [1.165, 1.54) is 16.7 Å². The van der Waals surface area contributed by atoms with Crippen LogP contribution in [0.2, 0.25) is 0 Å². The maximum Gasteiger partial charge on any atom is 0.187 e. The SMILES string of the molecule is COc1c(OCc2ccc3ccccc3n2)ccc2c(CC3CCOc4ccc(-c5ccc6nc(C)[nH]c6c5)cc4CC3C)ncnc12. The number of rotatable bonds is 7. The molecule has 0 fully saturated rings. The first kappa shape index (κ1) is 29.9. The van der Waals surface area contributed by atoms with Crippen LogP contribution in [0.5, 0.6) is 17.2 Å². The molecule has 2 atom stereocenters. The minimum absolute atomic E-state index is 0.324. The Morgan fingerprint density at radius 2 is 1.77 bits per heavy atom. The number of methoxy groups -OCH3 is 1. The van der Waals surface area contributed by atoms with Crippen LogP contribution in [0.15, 0.2) is 91.3 Å². The number of nitrogens with zero attached hydrogens (tertiary/aromatic N) is 4. The van der Waals surface area contributed by atoms with Crippen LogP contribution in [0.25, 0.3) is 44.0 Å². The molecule has 0 spiro atoms. The maximum atomic E-state index is 6.35. The lowest BCUT2D eigenvalue weighted by molar-refractivity contribution is 0.221. The van der Waals surface area contributed by atoms with E-state index in [0.717, 1.165) is 75.1 Å². The van der Waals surface area contributed by atoms with Crippen LogP contribution < -0.4 is 14.2 Å². The van der Waals surface area contributed by atoms with Crippen LogP contribution >= 0.6 is 0 Å². The smallest absolute Gasteiger partial charge is 0.187 e. The summed E-state index contributed by atoms with van der Waals surface area (Å²) in [5.74, 6) is 3.94. The van der Waals surface area contributed by atoms with Crippen molar-refractivity contribution in [1.29, 1.82) is 0 Å². The van der Waals surface area contributed by atoms with Crippen LogP contribution in [-0.4, -0.2) is 38.6 Å². The molecule has 0 bridgehead atoms. The maximum absolute atomic E-state index is 6.35. The van der Waals surface area contributed by atoms with Gasteiger partial charge in [0.05, 0.1) is 41.7 Å². The molecule has 8 nitrogen and oxygen atoms in total. The molecular weight excluding hydrogens is 598 g/mol. The van der Waals surface area contributed by atoms with Crippen molar-refractivity contribution < 1.29 is 14.2 Å². The molecule has 0 amide bonds. The Labute approximate surface area is 279 Å². The number of benzene rings is 4. The number of ether oxygens (including phenoxy) is 3. The molecule has 240 valence electrons. The predicted octanol–water partition coefficient (Wildman–Crippen LogP) is 8.44. The average Bonchev–Trinajstić information content (AvgIpc) is 3.49. The highest BCUT2D eigenvalue weighted by Gasteiger charge is 2.25. The van der Waals surface area contributed by atoms with Gasteiger partial charge in [-0.15, -0.1) is 0 Å². The van der Waals surface area contributed by atoms with Crippen molar-refractivity contribution in [2.45, 2.75) is 39.7 Å². The average molecular weight is 636 g/mol. The topological polar surface area (TPSA) is 95.0 Å². The van der Waals surface area contributed by atoms with E-state index in [-0.39, 0.29) is 0 Å². The fraction of sp³-hybridized carbons (Fsp3) is 0.250. The molecule has 8 heteroatoms. The number of imidazole rings is 1. The van der Waals surface area contributed by atoms with E-state index < -0.39 is 0 Å². The van der Waals surface area contributed by atoms with Gasteiger partial charge in [-0.3, -0.25) is 0 Å². The number of aryl methyl sites for hydroxylation is 1. The number of fused-ring (bicyclic) bond motifs is 4. The van der Waals surface area contributed by atoms with Gasteiger partial charge in [-0.25, -0.2) is 19.9 Å².